The maximum Gasteiger partial charge on any atom is 0.290 e. The number of thioether (sulfide) groups is 1. The molecule has 104 valence electrons. The smallest absolute Gasteiger partial charge is 0.290 e. The largest absolute Gasteiger partial charge is 0.493 e. The van der Waals surface area contributed by atoms with Crippen LogP contribution in [0.25, 0.3) is 6.08 Å². The van der Waals surface area contributed by atoms with Gasteiger partial charge in [-0.1, -0.05) is 0 Å². The van der Waals surface area contributed by atoms with E-state index < -0.39 is 0 Å². The summed E-state index contributed by atoms with van der Waals surface area (Å²) in [5.74, 6) is 0.455. The molecule has 0 radical (unpaired) electrons. The van der Waals surface area contributed by atoms with Crippen molar-refractivity contribution in [3.8, 4) is 5.75 Å². The first-order chi connectivity index (χ1) is 9.67. The number of rotatable bonds is 3. The highest BCUT2D eigenvalue weighted by Gasteiger charge is 2.26. The number of imide groups is 1. The zero-order chi connectivity index (χ0) is 14.1. The van der Waals surface area contributed by atoms with Gasteiger partial charge in [0, 0.05) is 5.56 Å². The number of aryl methyl sites for hydroxylation is 2. The number of fused-ring (bicyclic) bond motifs is 1. The Kier molecular flexibility index (Phi) is 3.53. The van der Waals surface area contributed by atoms with E-state index in [2.05, 4.69) is 17.4 Å². The molecule has 0 unspecified atom stereocenters. The number of nitrogens with one attached hydrogen (secondary N) is 1. The van der Waals surface area contributed by atoms with Crippen LogP contribution in [0.4, 0.5) is 4.79 Å². The van der Waals surface area contributed by atoms with Crippen molar-refractivity contribution in [3.05, 3.63) is 33.7 Å². The van der Waals surface area contributed by atoms with Crippen molar-refractivity contribution in [2.75, 3.05) is 6.61 Å². The first kappa shape index (κ1) is 13.2. The third-order valence-corrected chi connectivity index (χ3v) is 4.26. The average molecular weight is 289 g/mol. The highest BCUT2D eigenvalue weighted by molar-refractivity contribution is 8.18. The molecule has 1 N–H and O–H groups in total. The molecule has 3 rings (SSSR count). The second-order valence-electron chi connectivity index (χ2n) is 4.80. The molecular weight excluding hydrogens is 274 g/mol. The van der Waals surface area contributed by atoms with Crippen LogP contribution in [0.1, 0.15) is 30.0 Å². The van der Waals surface area contributed by atoms with Gasteiger partial charge in [0.1, 0.15) is 5.75 Å². The van der Waals surface area contributed by atoms with Crippen LogP contribution in [0.15, 0.2) is 17.0 Å². The Morgan fingerprint density at radius 2 is 2.05 bits per heavy atom. The molecule has 0 bridgehead atoms. The minimum Gasteiger partial charge on any atom is -0.493 e. The van der Waals surface area contributed by atoms with Crippen molar-refractivity contribution in [2.24, 2.45) is 0 Å². The van der Waals surface area contributed by atoms with Gasteiger partial charge in [0.05, 0.1) is 11.5 Å². The summed E-state index contributed by atoms with van der Waals surface area (Å²) in [6, 6.07) is 4.15. The van der Waals surface area contributed by atoms with Gasteiger partial charge in [0.25, 0.3) is 11.1 Å². The van der Waals surface area contributed by atoms with Gasteiger partial charge in [-0.15, -0.1) is 0 Å². The molecule has 5 heteroatoms. The van der Waals surface area contributed by atoms with Crippen molar-refractivity contribution in [2.45, 2.75) is 26.2 Å². The topological polar surface area (TPSA) is 55.4 Å². The number of benzene rings is 1. The molecule has 1 aliphatic carbocycles. The van der Waals surface area contributed by atoms with E-state index >= 15 is 0 Å². The number of carbonyl (C=O) groups excluding carboxylic acids is 2. The van der Waals surface area contributed by atoms with Gasteiger partial charge in [0.15, 0.2) is 0 Å². The van der Waals surface area contributed by atoms with Gasteiger partial charge < -0.3 is 4.74 Å². The van der Waals surface area contributed by atoms with Crippen LogP contribution in [0.5, 0.6) is 5.75 Å². The fourth-order valence-electron chi connectivity index (χ4n) is 2.58. The summed E-state index contributed by atoms with van der Waals surface area (Å²) in [6.45, 7) is 2.51. The van der Waals surface area contributed by atoms with E-state index in [0.29, 0.717) is 11.5 Å². The minimum absolute atomic E-state index is 0.319. The summed E-state index contributed by atoms with van der Waals surface area (Å²) in [6.07, 6.45) is 5.05. The highest BCUT2D eigenvalue weighted by atomic mass is 32.2. The molecular formula is C15H15NO3S. The average Bonchev–Trinajstić information content (AvgIpc) is 2.97. The van der Waals surface area contributed by atoms with Crippen molar-refractivity contribution in [3.63, 3.8) is 0 Å². The quantitative estimate of drug-likeness (QED) is 0.869. The molecule has 20 heavy (non-hydrogen) atoms. The Morgan fingerprint density at radius 1 is 1.30 bits per heavy atom. The second-order valence-corrected chi connectivity index (χ2v) is 5.81. The highest BCUT2D eigenvalue weighted by Crippen LogP contribution is 2.34. The molecule has 0 atom stereocenters. The number of ether oxygens (including phenoxy) is 1. The minimum atomic E-state index is -0.331. The summed E-state index contributed by atoms with van der Waals surface area (Å²) in [5.41, 5.74) is 3.52. The van der Waals surface area contributed by atoms with E-state index in [1.165, 1.54) is 11.1 Å². The fraction of sp³-hybridized carbons (Fsp3) is 0.333. The van der Waals surface area contributed by atoms with Gasteiger partial charge in [0.2, 0.25) is 0 Å². The summed E-state index contributed by atoms with van der Waals surface area (Å²) in [5, 5.41) is 1.95. The predicted octanol–water partition coefficient (Wildman–Crippen LogP) is 2.90. The molecule has 1 aliphatic heterocycles. The van der Waals surface area contributed by atoms with Crippen LogP contribution in [-0.4, -0.2) is 17.8 Å². The zero-order valence-corrected chi connectivity index (χ0v) is 12.0. The Labute approximate surface area is 121 Å². The fourth-order valence-corrected chi connectivity index (χ4v) is 3.25. The summed E-state index contributed by atoms with van der Waals surface area (Å²) < 4.78 is 5.66. The standard InChI is InChI=1S/C15H15NO3S/c1-2-19-12-7-10-5-3-4-9(10)6-11(12)8-13-14(17)16-15(18)20-13/h6-8H,2-5H2,1H3,(H,16,17,18). The number of hydrogen-bond donors (Lipinski definition) is 1. The maximum atomic E-state index is 11.6. The molecule has 1 fully saturated rings. The van der Waals surface area contributed by atoms with Crippen molar-refractivity contribution in [1.29, 1.82) is 0 Å². The van der Waals surface area contributed by atoms with Crippen LogP contribution < -0.4 is 10.1 Å². The molecule has 1 saturated heterocycles. The molecule has 1 aromatic rings. The molecule has 4 nitrogen and oxygen atoms in total. The van der Waals surface area contributed by atoms with E-state index in [0.717, 1.165) is 42.3 Å². The van der Waals surface area contributed by atoms with E-state index in [9.17, 15) is 9.59 Å². The monoisotopic (exact) mass is 289 g/mol. The van der Waals surface area contributed by atoms with E-state index in [4.69, 9.17) is 4.74 Å². The molecule has 1 heterocycles. The SMILES string of the molecule is CCOc1cc2c(cc1C=C1SC(=O)NC1=O)CCC2. The lowest BCUT2D eigenvalue weighted by atomic mass is 10.0. The summed E-state index contributed by atoms with van der Waals surface area (Å²) >= 11 is 0.935. The van der Waals surface area contributed by atoms with Crippen LogP contribution >= 0.6 is 11.8 Å². The number of hydrogen-bond acceptors (Lipinski definition) is 4. The van der Waals surface area contributed by atoms with Crippen molar-refractivity contribution >= 4 is 29.0 Å². The molecule has 0 spiro atoms. The third-order valence-electron chi connectivity index (χ3n) is 3.45. The predicted molar refractivity (Wildman–Crippen MR) is 78.7 cm³/mol. The normalized spacial score (nSPS) is 19.4. The van der Waals surface area contributed by atoms with Crippen LogP contribution in [0.3, 0.4) is 0 Å². The van der Waals surface area contributed by atoms with Gasteiger partial charge in [-0.3, -0.25) is 14.9 Å². The molecule has 1 aromatic carbocycles. The Balaban J connectivity index is 2.01. The maximum absolute atomic E-state index is 11.6. The molecule has 0 aromatic heterocycles. The number of carbonyl (C=O) groups is 2. The lowest BCUT2D eigenvalue weighted by Gasteiger charge is -2.10. The Morgan fingerprint density at radius 3 is 2.70 bits per heavy atom. The molecule has 2 aliphatic rings. The summed E-state index contributed by atoms with van der Waals surface area (Å²) in [4.78, 5) is 23.3. The Bertz CT molecular complexity index is 622. The lowest BCUT2D eigenvalue weighted by Crippen LogP contribution is -2.17. The molecule has 0 saturated carbocycles. The zero-order valence-electron chi connectivity index (χ0n) is 11.2. The first-order valence-corrected chi connectivity index (χ1v) is 7.52. The molecule has 2 amide bonds. The summed E-state index contributed by atoms with van der Waals surface area (Å²) in [7, 11) is 0. The van der Waals surface area contributed by atoms with Crippen molar-refractivity contribution in [1.82, 2.24) is 5.32 Å². The van der Waals surface area contributed by atoms with Gasteiger partial charge in [-0.25, -0.2) is 0 Å². The van der Waals surface area contributed by atoms with Crippen LogP contribution in [-0.2, 0) is 17.6 Å². The van der Waals surface area contributed by atoms with Crippen LogP contribution in [0.2, 0.25) is 0 Å². The first-order valence-electron chi connectivity index (χ1n) is 6.71. The van der Waals surface area contributed by atoms with Crippen molar-refractivity contribution < 1.29 is 14.3 Å². The van der Waals surface area contributed by atoms with Crippen LogP contribution in [0, 0.1) is 0 Å². The Hall–Kier alpha value is -1.75. The van der Waals surface area contributed by atoms with E-state index in [1.807, 2.05) is 6.92 Å². The second kappa shape index (κ2) is 5.32. The van der Waals surface area contributed by atoms with Gasteiger partial charge >= 0.3 is 0 Å². The third kappa shape index (κ3) is 2.45. The van der Waals surface area contributed by atoms with E-state index in [-0.39, 0.29) is 11.1 Å². The lowest BCUT2D eigenvalue weighted by molar-refractivity contribution is -0.115. The number of amides is 2. The van der Waals surface area contributed by atoms with Gasteiger partial charge in [-0.2, -0.15) is 0 Å². The van der Waals surface area contributed by atoms with E-state index in [1.54, 1.807) is 6.08 Å². The van der Waals surface area contributed by atoms with Gasteiger partial charge in [-0.05, 0) is 67.3 Å².